The van der Waals surface area contributed by atoms with E-state index in [1.807, 2.05) is 56.0 Å². The van der Waals surface area contributed by atoms with Crippen LogP contribution in [0.4, 0.5) is 10.1 Å². The second-order valence-electron chi connectivity index (χ2n) is 8.31. The van der Waals surface area contributed by atoms with E-state index in [1.54, 1.807) is 11.0 Å². The van der Waals surface area contributed by atoms with Crippen molar-refractivity contribution >= 4 is 17.5 Å². The maximum Gasteiger partial charge on any atom is 0.242 e. The molecule has 2 aromatic rings. The van der Waals surface area contributed by atoms with Crippen LogP contribution in [-0.4, -0.2) is 49.6 Å². The number of amides is 2. The van der Waals surface area contributed by atoms with Gasteiger partial charge in [0.15, 0.2) is 0 Å². The Balaban J connectivity index is 1.94. The number of para-hydroxylation sites is 1. The molecule has 0 spiro atoms. The minimum Gasteiger partial charge on any atom is -0.380 e. The average molecular weight is 456 g/mol. The molecule has 1 aliphatic heterocycles. The SMILES string of the molecule is CCCC(=O)N1CCN(C(C(=O)NCCOCC)c2ccc(C)cc2F)Cc2ccccc21. The number of hydrogen-bond acceptors (Lipinski definition) is 4. The third-order valence-corrected chi connectivity index (χ3v) is 5.85. The normalized spacial score (nSPS) is 15.0. The lowest BCUT2D eigenvalue weighted by Gasteiger charge is -2.30. The molecule has 0 saturated carbocycles. The first-order valence-corrected chi connectivity index (χ1v) is 11.7. The van der Waals surface area contributed by atoms with Gasteiger partial charge in [0.25, 0.3) is 0 Å². The Hall–Kier alpha value is -2.77. The first kappa shape index (κ1) is 24.9. The lowest BCUT2D eigenvalue weighted by Crippen LogP contribution is -2.43. The van der Waals surface area contributed by atoms with Crippen molar-refractivity contribution in [2.45, 2.75) is 46.2 Å². The number of carbonyl (C=O) groups is 2. The molecule has 0 bridgehead atoms. The number of benzene rings is 2. The summed E-state index contributed by atoms with van der Waals surface area (Å²) in [5, 5.41) is 2.90. The van der Waals surface area contributed by atoms with Crippen LogP contribution in [0.1, 0.15) is 49.4 Å². The molecule has 0 fully saturated rings. The summed E-state index contributed by atoms with van der Waals surface area (Å²) in [4.78, 5) is 29.9. The van der Waals surface area contributed by atoms with Crippen molar-refractivity contribution in [1.82, 2.24) is 10.2 Å². The van der Waals surface area contributed by atoms with Crippen molar-refractivity contribution < 1.29 is 18.7 Å². The molecule has 0 radical (unpaired) electrons. The fourth-order valence-corrected chi connectivity index (χ4v) is 4.23. The summed E-state index contributed by atoms with van der Waals surface area (Å²) < 4.78 is 20.4. The molecular formula is C26H34FN3O3. The van der Waals surface area contributed by atoms with E-state index in [2.05, 4.69) is 5.32 Å². The summed E-state index contributed by atoms with van der Waals surface area (Å²) in [5.41, 5.74) is 2.93. The molecule has 0 saturated heterocycles. The van der Waals surface area contributed by atoms with E-state index in [0.717, 1.165) is 23.2 Å². The maximum atomic E-state index is 15.1. The van der Waals surface area contributed by atoms with E-state index in [-0.39, 0.29) is 11.8 Å². The number of ether oxygens (including phenoxy) is 1. The van der Waals surface area contributed by atoms with Crippen molar-refractivity contribution in [1.29, 1.82) is 0 Å². The van der Waals surface area contributed by atoms with Gasteiger partial charge in [0.05, 0.1) is 6.61 Å². The molecule has 33 heavy (non-hydrogen) atoms. The van der Waals surface area contributed by atoms with Crippen LogP contribution in [0.15, 0.2) is 42.5 Å². The highest BCUT2D eigenvalue weighted by atomic mass is 19.1. The Labute approximate surface area is 195 Å². The Bertz CT molecular complexity index is 966. The van der Waals surface area contributed by atoms with Gasteiger partial charge < -0.3 is 15.0 Å². The lowest BCUT2D eigenvalue weighted by molar-refractivity contribution is -0.127. The maximum absolute atomic E-state index is 15.1. The largest absolute Gasteiger partial charge is 0.380 e. The third-order valence-electron chi connectivity index (χ3n) is 5.85. The van der Waals surface area contributed by atoms with Gasteiger partial charge >= 0.3 is 0 Å². The van der Waals surface area contributed by atoms with Crippen LogP contribution in [0.25, 0.3) is 0 Å². The first-order chi connectivity index (χ1) is 16.0. The van der Waals surface area contributed by atoms with E-state index in [4.69, 9.17) is 4.74 Å². The van der Waals surface area contributed by atoms with Crippen molar-refractivity contribution in [3.8, 4) is 0 Å². The summed E-state index contributed by atoms with van der Waals surface area (Å²) in [6.45, 7) is 8.33. The van der Waals surface area contributed by atoms with Crippen LogP contribution in [0.3, 0.4) is 0 Å². The molecule has 3 rings (SSSR count). The molecule has 6 nitrogen and oxygen atoms in total. The summed E-state index contributed by atoms with van der Waals surface area (Å²) in [6, 6.07) is 11.9. The van der Waals surface area contributed by atoms with Gasteiger partial charge in [0.1, 0.15) is 11.9 Å². The van der Waals surface area contributed by atoms with Crippen molar-refractivity contribution in [3.63, 3.8) is 0 Å². The van der Waals surface area contributed by atoms with Gasteiger partial charge in [-0.3, -0.25) is 14.5 Å². The van der Waals surface area contributed by atoms with Gasteiger partial charge in [-0.15, -0.1) is 0 Å². The number of nitrogens with zero attached hydrogens (tertiary/aromatic N) is 2. The number of nitrogens with one attached hydrogen (secondary N) is 1. The predicted octanol–water partition coefficient (Wildman–Crippen LogP) is 3.98. The quantitative estimate of drug-likeness (QED) is 0.581. The van der Waals surface area contributed by atoms with Gasteiger partial charge in [-0.1, -0.05) is 37.3 Å². The lowest BCUT2D eigenvalue weighted by atomic mass is 10.0. The van der Waals surface area contributed by atoms with E-state index < -0.39 is 11.9 Å². The Morgan fingerprint density at radius 3 is 2.67 bits per heavy atom. The standard InChI is InChI=1S/C26H34FN3O3/c1-4-8-24(31)30-15-14-29(18-20-9-6-7-10-23(20)30)25(26(32)28-13-16-33-5-2)21-12-11-19(3)17-22(21)27/h6-7,9-12,17,25H,4-5,8,13-16,18H2,1-3H3,(H,28,32). The van der Waals surface area contributed by atoms with E-state index in [1.165, 1.54) is 6.07 Å². The molecule has 0 aliphatic carbocycles. The van der Waals surface area contributed by atoms with Gasteiger partial charge in [-0.05, 0) is 43.5 Å². The van der Waals surface area contributed by atoms with Gasteiger partial charge in [0, 0.05) is 50.5 Å². The number of halogens is 1. The Morgan fingerprint density at radius 1 is 1.15 bits per heavy atom. The van der Waals surface area contributed by atoms with E-state index >= 15 is 4.39 Å². The highest BCUT2D eigenvalue weighted by Crippen LogP contribution is 2.32. The molecule has 1 unspecified atom stereocenters. The smallest absolute Gasteiger partial charge is 0.242 e. The molecule has 1 heterocycles. The molecule has 1 atom stereocenters. The molecule has 1 aliphatic rings. The van der Waals surface area contributed by atoms with Crippen molar-refractivity contribution in [2.24, 2.45) is 0 Å². The van der Waals surface area contributed by atoms with E-state index in [0.29, 0.717) is 51.4 Å². The van der Waals surface area contributed by atoms with Crippen LogP contribution in [0.2, 0.25) is 0 Å². The highest BCUT2D eigenvalue weighted by Gasteiger charge is 2.33. The zero-order valence-corrected chi connectivity index (χ0v) is 19.8. The molecule has 7 heteroatoms. The van der Waals surface area contributed by atoms with E-state index in [9.17, 15) is 9.59 Å². The van der Waals surface area contributed by atoms with Gasteiger partial charge in [-0.25, -0.2) is 4.39 Å². The molecule has 1 N–H and O–H groups in total. The van der Waals surface area contributed by atoms with Crippen LogP contribution in [0, 0.1) is 12.7 Å². The molecule has 2 amide bonds. The Morgan fingerprint density at radius 2 is 1.94 bits per heavy atom. The first-order valence-electron chi connectivity index (χ1n) is 11.7. The number of hydrogen-bond donors (Lipinski definition) is 1. The summed E-state index contributed by atoms with van der Waals surface area (Å²) >= 11 is 0. The van der Waals surface area contributed by atoms with Crippen molar-refractivity contribution in [2.75, 3.05) is 37.7 Å². The summed E-state index contributed by atoms with van der Waals surface area (Å²) in [5.74, 6) is -0.620. The number of anilines is 1. The predicted molar refractivity (Wildman–Crippen MR) is 127 cm³/mol. The zero-order valence-electron chi connectivity index (χ0n) is 19.8. The van der Waals surface area contributed by atoms with Crippen LogP contribution in [0.5, 0.6) is 0 Å². The number of carbonyl (C=O) groups excluding carboxylic acids is 2. The fraction of sp³-hybridized carbons (Fsp3) is 0.462. The van der Waals surface area contributed by atoms with Crippen molar-refractivity contribution in [3.05, 3.63) is 65.0 Å². The summed E-state index contributed by atoms with van der Waals surface area (Å²) in [7, 11) is 0. The number of aryl methyl sites for hydroxylation is 1. The second-order valence-corrected chi connectivity index (χ2v) is 8.31. The summed E-state index contributed by atoms with van der Waals surface area (Å²) in [6.07, 6.45) is 1.23. The average Bonchev–Trinajstić information content (AvgIpc) is 2.98. The Kier molecular flexibility index (Phi) is 8.97. The van der Waals surface area contributed by atoms with Crippen LogP contribution < -0.4 is 10.2 Å². The minimum absolute atomic E-state index is 0.0611. The molecule has 2 aromatic carbocycles. The molecule has 178 valence electrons. The zero-order chi connectivity index (χ0) is 23.8. The number of rotatable bonds is 9. The molecular weight excluding hydrogens is 421 g/mol. The topological polar surface area (TPSA) is 61.9 Å². The van der Waals surface area contributed by atoms with Crippen LogP contribution in [-0.2, 0) is 20.9 Å². The number of fused-ring (bicyclic) bond motifs is 1. The molecule has 0 aromatic heterocycles. The van der Waals surface area contributed by atoms with Gasteiger partial charge in [-0.2, -0.15) is 0 Å². The van der Waals surface area contributed by atoms with Crippen LogP contribution >= 0.6 is 0 Å². The monoisotopic (exact) mass is 455 g/mol. The third kappa shape index (κ3) is 6.18. The van der Waals surface area contributed by atoms with Gasteiger partial charge in [0.2, 0.25) is 11.8 Å². The fourth-order valence-electron chi connectivity index (χ4n) is 4.23. The second kappa shape index (κ2) is 11.9. The highest BCUT2D eigenvalue weighted by molar-refractivity contribution is 5.94. The minimum atomic E-state index is -0.818.